The molecule has 1 amide bonds. The summed E-state index contributed by atoms with van der Waals surface area (Å²) in [5, 5.41) is 22.9. The summed E-state index contributed by atoms with van der Waals surface area (Å²) < 4.78 is 2.26. The van der Waals surface area contributed by atoms with Crippen LogP contribution >= 0.6 is 11.6 Å². The van der Waals surface area contributed by atoms with Crippen LogP contribution in [0.1, 0.15) is 53.2 Å². The van der Waals surface area contributed by atoms with E-state index in [1.54, 1.807) is 24.3 Å². The van der Waals surface area contributed by atoms with Crippen molar-refractivity contribution in [3.8, 4) is 0 Å². The van der Waals surface area contributed by atoms with E-state index in [9.17, 15) is 19.5 Å². The van der Waals surface area contributed by atoms with Crippen molar-refractivity contribution in [1.29, 1.82) is 0 Å². The van der Waals surface area contributed by atoms with E-state index in [4.69, 9.17) is 17.3 Å². The highest BCUT2D eigenvalue weighted by Crippen LogP contribution is 2.29. The molecule has 0 saturated heterocycles. The Morgan fingerprint density at radius 2 is 1.97 bits per heavy atom. The van der Waals surface area contributed by atoms with Crippen LogP contribution in [0.25, 0.3) is 0 Å². The standard InChI is InChI=1S/C19H20ClN7O4/c20-12-6-4-11(5-7-12)15(28)9-26-23-16(22-24-26)10-25-8-14(17(21)29)18(30)27(19(25)31)13-2-1-3-13/h4-8,13,15,28H,1-3,9-10H2,(H2,21,29)/t15-/m0/s1. The van der Waals surface area contributed by atoms with Gasteiger partial charge >= 0.3 is 5.69 Å². The summed E-state index contributed by atoms with van der Waals surface area (Å²) >= 11 is 5.85. The Morgan fingerprint density at radius 1 is 1.26 bits per heavy atom. The quantitative estimate of drug-likeness (QED) is 0.529. The average Bonchev–Trinajstić information content (AvgIpc) is 3.12. The second-order valence-electron chi connectivity index (χ2n) is 7.41. The molecule has 31 heavy (non-hydrogen) atoms. The first kappa shape index (κ1) is 20.9. The normalized spacial score (nSPS) is 14.9. The highest BCUT2D eigenvalue weighted by molar-refractivity contribution is 6.30. The summed E-state index contributed by atoms with van der Waals surface area (Å²) in [6.45, 7) is -0.0687. The number of aliphatic hydroxyl groups is 1. The molecule has 1 aliphatic carbocycles. The van der Waals surface area contributed by atoms with E-state index in [0.717, 1.165) is 17.2 Å². The Hall–Kier alpha value is -3.31. The molecule has 0 spiro atoms. The van der Waals surface area contributed by atoms with E-state index < -0.39 is 23.3 Å². The van der Waals surface area contributed by atoms with E-state index >= 15 is 0 Å². The van der Waals surface area contributed by atoms with Crippen LogP contribution in [-0.4, -0.2) is 40.4 Å². The minimum Gasteiger partial charge on any atom is -0.386 e. The molecule has 0 bridgehead atoms. The number of carbonyl (C=O) groups excluding carboxylic acids is 1. The van der Waals surface area contributed by atoms with Crippen LogP contribution in [0.2, 0.25) is 5.02 Å². The highest BCUT2D eigenvalue weighted by Gasteiger charge is 2.26. The summed E-state index contributed by atoms with van der Waals surface area (Å²) in [5.74, 6) is -0.728. The maximum atomic E-state index is 12.8. The molecule has 2 heterocycles. The third-order valence-electron chi connectivity index (χ3n) is 5.29. The maximum Gasteiger partial charge on any atom is 0.331 e. The van der Waals surface area contributed by atoms with Gasteiger partial charge in [0, 0.05) is 17.3 Å². The lowest BCUT2D eigenvalue weighted by Gasteiger charge is -2.27. The van der Waals surface area contributed by atoms with Gasteiger partial charge in [0.05, 0.1) is 13.1 Å². The second-order valence-corrected chi connectivity index (χ2v) is 7.84. The molecule has 1 fully saturated rings. The first-order valence-corrected chi connectivity index (χ1v) is 10.1. The van der Waals surface area contributed by atoms with Gasteiger partial charge in [-0.05, 0) is 42.2 Å². The zero-order valence-corrected chi connectivity index (χ0v) is 17.1. The minimum atomic E-state index is -0.908. The predicted octanol–water partition coefficient (Wildman–Crippen LogP) is 0.256. The number of hydrogen-bond donors (Lipinski definition) is 2. The first-order valence-electron chi connectivity index (χ1n) is 9.69. The van der Waals surface area contributed by atoms with Gasteiger partial charge in [-0.1, -0.05) is 23.7 Å². The predicted molar refractivity (Wildman–Crippen MR) is 110 cm³/mol. The number of aromatic nitrogens is 6. The van der Waals surface area contributed by atoms with Crippen LogP contribution in [0.15, 0.2) is 40.1 Å². The van der Waals surface area contributed by atoms with Crippen molar-refractivity contribution in [1.82, 2.24) is 29.3 Å². The summed E-state index contributed by atoms with van der Waals surface area (Å²) in [4.78, 5) is 38.3. The third kappa shape index (κ3) is 4.28. The van der Waals surface area contributed by atoms with Crippen molar-refractivity contribution in [2.24, 2.45) is 5.73 Å². The summed E-state index contributed by atoms with van der Waals surface area (Å²) in [6, 6.07) is 6.47. The van der Waals surface area contributed by atoms with Gasteiger partial charge in [0.2, 0.25) is 0 Å². The molecule has 3 aromatic rings. The molecule has 1 saturated carbocycles. The van der Waals surface area contributed by atoms with Crippen molar-refractivity contribution in [3.05, 3.63) is 73.3 Å². The molecular weight excluding hydrogens is 426 g/mol. The van der Waals surface area contributed by atoms with Gasteiger partial charge in [-0.3, -0.25) is 18.7 Å². The van der Waals surface area contributed by atoms with E-state index in [-0.39, 0.29) is 30.5 Å². The molecular formula is C19H20ClN7O4. The van der Waals surface area contributed by atoms with Gasteiger partial charge in [-0.15, -0.1) is 10.2 Å². The number of aliphatic hydroxyl groups excluding tert-OH is 1. The van der Waals surface area contributed by atoms with Crippen molar-refractivity contribution >= 4 is 17.5 Å². The minimum absolute atomic E-state index is 0.0393. The molecule has 1 aliphatic rings. The Labute approximate surface area is 180 Å². The molecule has 3 N–H and O–H groups in total. The van der Waals surface area contributed by atoms with Crippen LogP contribution in [0.4, 0.5) is 0 Å². The van der Waals surface area contributed by atoms with Crippen LogP contribution in [0, 0.1) is 0 Å². The lowest BCUT2D eigenvalue weighted by molar-refractivity contribution is 0.0996. The fourth-order valence-electron chi connectivity index (χ4n) is 3.38. The van der Waals surface area contributed by atoms with Crippen molar-refractivity contribution in [3.63, 3.8) is 0 Å². The second kappa shape index (κ2) is 8.44. The van der Waals surface area contributed by atoms with E-state index in [1.165, 1.54) is 9.36 Å². The Bertz CT molecular complexity index is 1230. The molecule has 1 atom stereocenters. The summed E-state index contributed by atoms with van der Waals surface area (Å²) in [7, 11) is 0. The van der Waals surface area contributed by atoms with Crippen LogP contribution < -0.4 is 17.0 Å². The largest absolute Gasteiger partial charge is 0.386 e. The van der Waals surface area contributed by atoms with E-state index in [2.05, 4.69) is 15.4 Å². The number of tetrazole rings is 1. The van der Waals surface area contributed by atoms with Gasteiger partial charge in [0.25, 0.3) is 11.5 Å². The summed E-state index contributed by atoms with van der Waals surface area (Å²) in [6.07, 6.45) is 2.53. The van der Waals surface area contributed by atoms with E-state index in [0.29, 0.717) is 23.4 Å². The zero-order valence-electron chi connectivity index (χ0n) is 16.4. The van der Waals surface area contributed by atoms with Gasteiger partial charge in [-0.2, -0.15) is 4.80 Å². The number of nitrogens with zero attached hydrogens (tertiary/aromatic N) is 6. The van der Waals surface area contributed by atoms with Gasteiger partial charge in [0.1, 0.15) is 11.7 Å². The Balaban J connectivity index is 1.57. The fraction of sp³-hybridized carbons (Fsp3) is 0.368. The molecule has 2 aromatic heterocycles. The number of primary amides is 1. The van der Waals surface area contributed by atoms with Gasteiger partial charge < -0.3 is 10.8 Å². The third-order valence-corrected chi connectivity index (χ3v) is 5.54. The van der Waals surface area contributed by atoms with Crippen molar-refractivity contribution < 1.29 is 9.90 Å². The zero-order chi connectivity index (χ0) is 22.1. The molecule has 4 rings (SSSR count). The topological polar surface area (TPSA) is 151 Å². The first-order chi connectivity index (χ1) is 14.8. The molecule has 0 radical (unpaired) electrons. The van der Waals surface area contributed by atoms with Gasteiger partial charge in [0.15, 0.2) is 5.82 Å². The number of rotatable bonds is 7. The Kier molecular flexibility index (Phi) is 5.70. The number of hydrogen-bond acceptors (Lipinski definition) is 7. The highest BCUT2D eigenvalue weighted by atomic mass is 35.5. The SMILES string of the molecule is NC(=O)c1cn(Cc2nnn(C[C@H](O)c3ccc(Cl)cc3)n2)c(=O)n(C2CCC2)c1=O. The van der Waals surface area contributed by atoms with Crippen LogP contribution in [-0.2, 0) is 13.1 Å². The number of halogens is 1. The van der Waals surface area contributed by atoms with Crippen LogP contribution in [0.3, 0.4) is 0 Å². The molecule has 0 aliphatic heterocycles. The molecule has 1 aromatic carbocycles. The molecule has 162 valence electrons. The van der Waals surface area contributed by atoms with Crippen molar-refractivity contribution in [2.75, 3.05) is 0 Å². The van der Waals surface area contributed by atoms with Crippen LogP contribution in [0.5, 0.6) is 0 Å². The van der Waals surface area contributed by atoms with Crippen molar-refractivity contribution in [2.45, 2.75) is 44.5 Å². The average molecular weight is 446 g/mol. The number of benzene rings is 1. The molecule has 11 nitrogen and oxygen atoms in total. The lowest BCUT2D eigenvalue weighted by Crippen LogP contribution is -2.46. The van der Waals surface area contributed by atoms with Gasteiger partial charge in [-0.25, -0.2) is 4.79 Å². The number of carbonyl (C=O) groups is 1. The lowest BCUT2D eigenvalue weighted by atomic mass is 9.93. The molecule has 12 heteroatoms. The molecule has 0 unspecified atom stereocenters. The fourth-order valence-corrected chi connectivity index (χ4v) is 3.51. The van der Waals surface area contributed by atoms with E-state index in [1.807, 2.05) is 0 Å². The number of amides is 1. The smallest absolute Gasteiger partial charge is 0.331 e. The number of nitrogens with two attached hydrogens (primary N) is 1. The maximum absolute atomic E-state index is 12.8. The Morgan fingerprint density at radius 3 is 2.58 bits per heavy atom. The summed E-state index contributed by atoms with van der Waals surface area (Å²) in [5.41, 5.74) is 4.46. The monoisotopic (exact) mass is 445 g/mol.